The molecule has 3 heterocycles. The van der Waals surface area contributed by atoms with E-state index in [-0.39, 0.29) is 29.2 Å². The van der Waals surface area contributed by atoms with E-state index in [9.17, 15) is 23.2 Å². The first-order valence-electron chi connectivity index (χ1n) is 11.1. The lowest BCUT2D eigenvalue weighted by Gasteiger charge is -2.37. The fourth-order valence-electron chi connectivity index (χ4n) is 4.40. The first-order chi connectivity index (χ1) is 15.8. The van der Waals surface area contributed by atoms with Gasteiger partial charge in [0.25, 0.3) is 5.91 Å². The zero-order chi connectivity index (χ0) is 23.5. The number of carbonyl (C=O) groups excluding carboxylic acids is 3. The minimum absolute atomic E-state index is 0.0458. The quantitative estimate of drug-likeness (QED) is 0.733. The van der Waals surface area contributed by atoms with Gasteiger partial charge in [0, 0.05) is 49.5 Å². The average molecular weight is 477 g/mol. The molecule has 7 nitrogen and oxygen atoms in total. The topological polar surface area (TPSA) is 82.6 Å². The maximum absolute atomic E-state index is 13.9. The number of aromatic nitrogens is 1. The molecule has 2 saturated heterocycles. The Kier molecular flexibility index (Phi) is 7.02. The number of nitrogens with zero attached hydrogens (tertiary/aromatic N) is 3. The molecule has 0 aliphatic carbocycles. The van der Waals surface area contributed by atoms with Gasteiger partial charge in [-0.2, -0.15) is 0 Å². The normalized spacial score (nSPS) is 17.8. The smallest absolute Gasteiger partial charge is 0.256 e. The predicted molar refractivity (Wildman–Crippen MR) is 120 cm³/mol. The largest absolute Gasteiger partial charge is 0.342 e. The molecular formula is C23H26F2N4O3S. The molecule has 176 valence electrons. The summed E-state index contributed by atoms with van der Waals surface area (Å²) in [7, 11) is 0. The summed E-state index contributed by atoms with van der Waals surface area (Å²) in [5.74, 6) is -2.46. The van der Waals surface area contributed by atoms with Crippen LogP contribution in [0, 0.1) is 30.4 Å². The van der Waals surface area contributed by atoms with Crippen molar-refractivity contribution in [3.8, 4) is 0 Å². The van der Waals surface area contributed by atoms with Crippen molar-refractivity contribution in [2.75, 3.05) is 31.5 Å². The molecular weight excluding hydrogens is 450 g/mol. The Balaban J connectivity index is 1.24. The Morgan fingerprint density at radius 2 is 1.64 bits per heavy atom. The summed E-state index contributed by atoms with van der Waals surface area (Å²) < 4.78 is 27.0. The fourth-order valence-corrected chi connectivity index (χ4v) is 5.09. The van der Waals surface area contributed by atoms with Crippen molar-refractivity contribution >= 4 is 34.2 Å². The van der Waals surface area contributed by atoms with Crippen LogP contribution in [0.15, 0.2) is 23.6 Å². The number of thiazole rings is 1. The lowest BCUT2D eigenvalue weighted by atomic mass is 9.91. The second kappa shape index (κ2) is 9.94. The SMILES string of the molecule is Cc1csc(NC(=O)C2CCN(C(=O)C3CCN(C(=O)c4ccc(F)cc4F)CC3)CC2)n1. The van der Waals surface area contributed by atoms with Crippen molar-refractivity contribution in [2.24, 2.45) is 11.8 Å². The Hall–Kier alpha value is -2.88. The number of nitrogens with one attached hydrogen (secondary N) is 1. The molecule has 0 spiro atoms. The van der Waals surface area contributed by atoms with Gasteiger partial charge in [0.05, 0.1) is 11.3 Å². The molecule has 0 bridgehead atoms. The van der Waals surface area contributed by atoms with Crippen LogP contribution in [0.1, 0.15) is 41.7 Å². The molecule has 2 fully saturated rings. The van der Waals surface area contributed by atoms with Gasteiger partial charge in [-0.05, 0) is 44.7 Å². The Labute approximate surface area is 194 Å². The molecule has 4 rings (SSSR count). The molecule has 0 saturated carbocycles. The van der Waals surface area contributed by atoms with Crippen LogP contribution in [0.3, 0.4) is 0 Å². The zero-order valence-electron chi connectivity index (χ0n) is 18.4. The molecule has 2 aliphatic heterocycles. The monoisotopic (exact) mass is 476 g/mol. The van der Waals surface area contributed by atoms with Crippen molar-refractivity contribution in [1.82, 2.24) is 14.8 Å². The number of likely N-dealkylation sites (tertiary alicyclic amines) is 2. The number of hydrogen-bond donors (Lipinski definition) is 1. The van der Waals surface area contributed by atoms with Crippen molar-refractivity contribution in [3.05, 3.63) is 46.5 Å². The molecule has 0 atom stereocenters. The van der Waals surface area contributed by atoms with Gasteiger partial charge in [-0.3, -0.25) is 14.4 Å². The van der Waals surface area contributed by atoms with E-state index in [4.69, 9.17) is 0 Å². The Morgan fingerprint density at radius 1 is 1.00 bits per heavy atom. The summed E-state index contributed by atoms with van der Waals surface area (Å²) in [6.45, 7) is 3.61. The summed E-state index contributed by atoms with van der Waals surface area (Å²) in [4.78, 5) is 45.6. The first kappa shape index (κ1) is 23.3. The van der Waals surface area contributed by atoms with Gasteiger partial charge < -0.3 is 15.1 Å². The predicted octanol–water partition coefficient (Wildman–Crippen LogP) is 3.46. The second-order valence-electron chi connectivity index (χ2n) is 8.57. The van der Waals surface area contributed by atoms with E-state index in [1.165, 1.54) is 16.2 Å². The van der Waals surface area contributed by atoms with Crippen molar-refractivity contribution in [3.63, 3.8) is 0 Å². The van der Waals surface area contributed by atoms with Crippen LogP contribution in [0.2, 0.25) is 0 Å². The van der Waals surface area contributed by atoms with Crippen molar-refractivity contribution < 1.29 is 23.2 Å². The summed E-state index contributed by atoms with van der Waals surface area (Å²) in [5, 5.41) is 5.33. The summed E-state index contributed by atoms with van der Waals surface area (Å²) in [6.07, 6.45) is 2.20. The van der Waals surface area contributed by atoms with E-state index in [1.807, 2.05) is 12.3 Å². The third-order valence-electron chi connectivity index (χ3n) is 6.32. The maximum atomic E-state index is 13.9. The Morgan fingerprint density at radius 3 is 2.24 bits per heavy atom. The molecule has 33 heavy (non-hydrogen) atoms. The second-order valence-corrected chi connectivity index (χ2v) is 9.43. The number of rotatable bonds is 4. The van der Waals surface area contributed by atoms with Gasteiger partial charge in [0.1, 0.15) is 11.6 Å². The maximum Gasteiger partial charge on any atom is 0.256 e. The number of hydrogen-bond acceptors (Lipinski definition) is 5. The number of aryl methyl sites for hydroxylation is 1. The number of carbonyl (C=O) groups is 3. The minimum Gasteiger partial charge on any atom is -0.342 e. The van der Waals surface area contributed by atoms with Gasteiger partial charge in [-0.1, -0.05) is 0 Å². The number of halogens is 2. The third kappa shape index (κ3) is 5.38. The highest BCUT2D eigenvalue weighted by molar-refractivity contribution is 7.13. The highest BCUT2D eigenvalue weighted by Crippen LogP contribution is 2.26. The molecule has 1 aromatic heterocycles. The zero-order valence-corrected chi connectivity index (χ0v) is 19.2. The first-order valence-corrected chi connectivity index (χ1v) is 12.0. The highest BCUT2D eigenvalue weighted by atomic mass is 32.1. The summed E-state index contributed by atoms with van der Waals surface area (Å²) >= 11 is 1.40. The summed E-state index contributed by atoms with van der Waals surface area (Å²) in [5.41, 5.74) is 0.709. The lowest BCUT2D eigenvalue weighted by Crippen LogP contribution is -2.47. The van der Waals surface area contributed by atoms with Gasteiger partial charge in [0.15, 0.2) is 5.13 Å². The number of piperidine rings is 2. The molecule has 10 heteroatoms. The van der Waals surface area contributed by atoms with Crippen LogP contribution in [-0.2, 0) is 9.59 Å². The molecule has 0 radical (unpaired) electrons. The van der Waals surface area contributed by atoms with E-state index in [0.29, 0.717) is 63.1 Å². The molecule has 3 amide bonds. The van der Waals surface area contributed by atoms with E-state index in [1.54, 1.807) is 4.90 Å². The summed E-state index contributed by atoms with van der Waals surface area (Å²) in [6, 6.07) is 2.92. The number of amides is 3. The van der Waals surface area contributed by atoms with Crippen LogP contribution in [-0.4, -0.2) is 58.7 Å². The fraction of sp³-hybridized carbons (Fsp3) is 0.478. The van der Waals surface area contributed by atoms with Gasteiger partial charge in [0.2, 0.25) is 11.8 Å². The van der Waals surface area contributed by atoms with E-state index < -0.39 is 17.5 Å². The molecule has 2 aromatic rings. The molecule has 1 N–H and O–H groups in total. The standard InChI is InChI=1S/C23H26F2N4O3S/c1-14-13-33-23(26-14)27-20(30)15-4-8-28(9-5-15)21(31)16-6-10-29(11-7-16)22(32)18-3-2-17(24)12-19(18)25/h2-3,12-13,15-16H,4-11H2,1H3,(H,26,27,30). The minimum atomic E-state index is -0.880. The van der Waals surface area contributed by atoms with E-state index >= 15 is 0 Å². The van der Waals surface area contributed by atoms with Crippen molar-refractivity contribution in [2.45, 2.75) is 32.6 Å². The molecule has 2 aliphatic rings. The van der Waals surface area contributed by atoms with Crippen molar-refractivity contribution in [1.29, 1.82) is 0 Å². The highest BCUT2D eigenvalue weighted by Gasteiger charge is 2.34. The van der Waals surface area contributed by atoms with Crippen LogP contribution in [0.4, 0.5) is 13.9 Å². The van der Waals surface area contributed by atoms with Gasteiger partial charge in [-0.15, -0.1) is 11.3 Å². The van der Waals surface area contributed by atoms with Crippen LogP contribution in [0.25, 0.3) is 0 Å². The lowest BCUT2D eigenvalue weighted by molar-refractivity contribution is -0.139. The number of benzene rings is 1. The van der Waals surface area contributed by atoms with Crippen LogP contribution in [0.5, 0.6) is 0 Å². The van der Waals surface area contributed by atoms with Crippen LogP contribution >= 0.6 is 11.3 Å². The van der Waals surface area contributed by atoms with Gasteiger partial charge >= 0.3 is 0 Å². The van der Waals surface area contributed by atoms with E-state index in [0.717, 1.165) is 17.8 Å². The van der Waals surface area contributed by atoms with Gasteiger partial charge in [-0.25, -0.2) is 13.8 Å². The third-order valence-corrected chi connectivity index (χ3v) is 7.20. The average Bonchev–Trinajstić information content (AvgIpc) is 3.22. The van der Waals surface area contributed by atoms with E-state index in [2.05, 4.69) is 10.3 Å². The van der Waals surface area contributed by atoms with Crippen LogP contribution < -0.4 is 5.32 Å². The molecule has 0 unspecified atom stereocenters. The Bertz CT molecular complexity index is 1040. The number of anilines is 1. The molecule has 1 aromatic carbocycles.